The predicted molar refractivity (Wildman–Crippen MR) is 96.7 cm³/mol. The lowest BCUT2D eigenvalue weighted by Gasteiger charge is -2.22. The van der Waals surface area contributed by atoms with Crippen molar-refractivity contribution in [3.63, 3.8) is 0 Å². The van der Waals surface area contributed by atoms with E-state index in [0.717, 1.165) is 16.9 Å². The first-order chi connectivity index (χ1) is 11.4. The Labute approximate surface area is 142 Å². The molecule has 4 heteroatoms. The second-order valence-corrected chi connectivity index (χ2v) is 6.61. The number of fused-ring (bicyclic) bond motifs is 1. The number of hydrogen-bond donors (Lipinski definition) is 0. The number of amides is 2. The molecule has 0 saturated heterocycles. The van der Waals surface area contributed by atoms with Crippen LogP contribution in [0.15, 0.2) is 48.5 Å². The molecule has 1 heterocycles. The Kier molecular flexibility index (Phi) is 3.91. The van der Waals surface area contributed by atoms with Crippen molar-refractivity contribution in [2.24, 2.45) is 0 Å². The molecule has 0 aromatic heterocycles. The SMILES string of the molecule is CCN(C(=O)c1ccc2c(c1)C(C)(C)C(=O)N2C)c1ccccc1. The summed E-state index contributed by atoms with van der Waals surface area (Å²) in [4.78, 5) is 28.8. The first-order valence-corrected chi connectivity index (χ1v) is 8.17. The summed E-state index contributed by atoms with van der Waals surface area (Å²) in [6.45, 7) is 6.35. The van der Waals surface area contributed by atoms with Crippen molar-refractivity contribution < 1.29 is 9.59 Å². The predicted octanol–water partition coefficient (Wildman–Crippen LogP) is 3.61. The van der Waals surface area contributed by atoms with Crippen molar-refractivity contribution in [2.45, 2.75) is 26.2 Å². The second-order valence-electron chi connectivity index (χ2n) is 6.61. The Morgan fingerprint density at radius 3 is 2.42 bits per heavy atom. The van der Waals surface area contributed by atoms with Crippen LogP contribution >= 0.6 is 0 Å². The molecule has 0 unspecified atom stereocenters. The van der Waals surface area contributed by atoms with E-state index in [4.69, 9.17) is 0 Å². The van der Waals surface area contributed by atoms with Crippen LogP contribution in [0.3, 0.4) is 0 Å². The van der Waals surface area contributed by atoms with Crippen LogP contribution in [0.2, 0.25) is 0 Å². The van der Waals surface area contributed by atoms with Crippen molar-refractivity contribution in [3.8, 4) is 0 Å². The Morgan fingerprint density at radius 2 is 1.79 bits per heavy atom. The molecule has 1 aliphatic heterocycles. The number of para-hydroxylation sites is 1. The average Bonchev–Trinajstić information content (AvgIpc) is 2.77. The van der Waals surface area contributed by atoms with Crippen molar-refractivity contribution in [1.29, 1.82) is 0 Å². The Balaban J connectivity index is 2.01. The third-order valence-electron chi connectivity index (χ3n) is 4.75. The lowest BCUT2D eigenvalue weighted by Crippen LogP contribution is -2.33. The highest BCUT2D eigenvalue weighted by molar-refractivity contribution is 6.10. The van der Waals surface area contributed by atoms with Gasteiger partial charge in [0, 0.05) is 30.5 Å². The molecule has 4 nitrogen and oxygen atoms in total. The molecular weight excluding hydrogens is 300 g/mol. The van der Waals surface area contributed by atoms with Gasteiger partial charge in [0.1, 0.15) is 0 Å². The van der Waals surface area contributed by atoms with Gasteiger partial charge in [0.15, 0.2) is 0 Å². The van der Waals surface area contributed by atoms with Crippen LogP contribution in [0.4, 0.5) is 11.4 Å². The number of carbonyl (C=O) groups is 2. The van der Waals surface area contributed by atoms with Gasteiger partial charge in [0.2, 0.25) is 5.91 Å². The van der Waals surface area contributed by atoms with Gasteiger partial charge < -0.3 is 9.80 Å². The zero-order valence-corrected chi connectivity index (χ0v) is 14.5. The zero-order chi connectivity index (χ0) is 17.5. The monoisotopic (exact) mass is 322 g/mol. The van der Waals surface area contributed by atoms with E-state index in [1.807, 2.05) is 63.2 Å². The summed E-state index contributed by atoms with van der Waals surface area (Å²) in [6.07, 6.45) is 0. The van der Waals surface area contributed by atoms with Crippen molar-refractivity contribution >= 4 is 23.2 Å². The van der Waals surface area contributed by atoms with Crippen LogP contribution in [0.1, 0.15) is 36.7 Å². The van der Waals surface area contributed by atoms with Crippen molar-refractivity contribution in [1.82, 2.24) is 0 Å². The second kappa shape index (κ2) is 5.78. The fourth-order valence-electron chi connectivity index (χ4n) is 3.31. The molecule has 0 radical (unpaired) electrons. The lowest BCUT2D eigenvalue weighted by molar-refractivity contribution is -0.121. The number of carbonyl (C=O) groups excluding carboxylic acids is 2. The van der Waals surface area contributed by atoms with Gasteiger partial charge >= 0.3 is 0 Å². The molecule has 124 valence electrons. The molecule has 3 rings (SSSR count). The van der Waals surface area contributed by atoms with Crippen LogP contribution in [0.25, 0.3) is 0 Å². The van der Waals surface area contributed by atoms with Crippen LogP contribution in [-0.4, -0.2) is 25.4 Å². The topological polar surface area (TPSA) is 40.6 Å². The molecule has 0 fully saturated rings. The summed E-state index contributed by atoms with van der Waals surface area (Å²) in [6, 6.07) is 15.2. The first-order valence-electron chi connectivity index (χ1n) is 8.17. The van der Waals surface area contributed by atoms with Gasteiger partial charge in [0.05, 0.1) is 5.41 Å². The number of likely N-dealkylation sites (N-methyl/N-ethyl adjacent to an activating group) is 1. The highest BCUT2D eigenvalue weighted by Crippen LogP contribution is 2.41. The quantitative estimate of drug-likeness (QED) is 0.866. The maximum Gasteiger partial charge on any atom is 0.258 e. The van der Waals surface area contributed by atoms with E-state index in [1.54, 1.807) is 22.9 Å². The highest BCUT2D eigenvalue weighted by Gasteiger charge is 2.42. The summed E-state index contributed by atoms with van der Waals surface area (Å²) >= 11 is 0. The van der Waals surface area contributed by atoms with Gasteiger partial charge in [0.25, 0.3) is 5.91 Å². The molecular formula is C20H22N2O2. The van der Waals surface area contributed by atoms with E-state index in [0.29, 0.717) is 12.1 Å². The number of nitrogens with zero attached hydrogens (tertiary/aromatic N) is 2. The summed E-state index contributed by atoms with van der Waals surface area (Å²) in [5.74, 6) is 0.00167. The van der Waals surface area contributed by atoms with E-state index in [1.165, 1.54) is 0 Å². The molecule has 0 saturated carbocycles. The fraction of sp³-hybridized carbons (Fsp3) is 0.300. The van der Waals surface area contributed by atoms with E-state index in [9.17, 15) is 9.59 Å². The smallest absolute Gasteiger partial charge is 0.258 e. The van der Waals surface area contributed by atoms with Gasteiger partial charge in [-0.15, -0.1) is 0 Å². The summed E-state index contributed by atoms with van der Waals surface area (Å²) in [7, 11) is 1.78. The van der Waals surface area contributed by atoms with E-state index < -0.39 is 5.41 Å². The maximum absolute atomic E-state index is 13.0. The van der Waals surface area contributed by atoms with Gasteiger partial charge in [-0.1, -0.05) is 18.2 Å². The maximum atomic E-state index is 13.0. The lowest BCUT2D eigenvalue weighted by atomic mass is 9.85. The number of hydrogen-bond acceptors (Lipinski definition) is 2. The van der Waals surface area contributed by atoms with Crippen molar-refractivity contribution in [2.75, 3.05) is 23.4 Å². The Hall–Kier alpha value is -2.62. The molecule has 0 spiro atoms. The van der Waals surface area contributed by atoms with Crippen LogP contribution < -0.4 is 9.80 Å². The van der Waals surface area contributed by atoms with Crippen LogP contribution in [0, 0.1) is 0 Å². The van der Waals surface area contributed by atoms with Crippen LogP contribution in [0.5, 0.6) is 0 Å². The molecule has 0 atom stereocenters. The fourth-order valence-corrected chi connectivity index (χ4v) is 3.31. The third kappa shape index (κ3) is 2.39. The number of benzene rings is 2. The normalized spacial score (nSPS) is 15.3. The number of anilines is 2. The minimum Gasteiger partial charge on any atom is -0.314 e. The van der Waals surface area contributed by atoms with Gasteiger partial charge in [-0.3, -0.25) is 9.59 Å². The molecule has 1 aliphatic rings. The highest BCUT2D eigenvalue weighted by atomic mass is 16.2. The largest absolute Gasteiger partial charge is 0.314 e. The minimum absolute atomic E-state index is 0.0516. The van der Waals surface area contributed by atoms with Gasteiger partial charge in [-0.2, -0.15) is 0 Å². The van der Waals surface area contributed by atoms with Gasteiger partial charge in [-0.05, 0) is 56.7 Å². The molecule has 0 aliphatic carbocycles. The standard InChI is InChI=1S/C20H22N2O2/c1-5-22(15-9-7-6-8-10-15)18(23)14-11-12-17-16(13-14)20(2,3)19(24)21(17)4/h6-13H,5H2,1-4H3. The summed E-state index contributed by atoms with van der Waals surface area (Å²) in [5, 5.41) is 0. The van der Waals surface area contributed by atoms with E-state index in [2.05, 4.69) is 0 Å². The van der Waals surface area contributed by atoms with Crippen LogP contribution in [-0.2, 0) is 10.2 Å². The molecule has 24 heavy (non-hydrogen) atoms. The zero-order valence-electron chi connectivity index (χ0n) is 14.5. The third-order valence-corrected chi connectivity index (χ3v) is 4.75. The molecule has 0 N–H and O–H groups in total. The Morgan fingerprint density at radius 1 is 1.12 bits per heavy atom. The molecule has 2 amide bonds. The first kappa shape index (κ1) is 16.2. The molecule has 2 aromatic rings. The summed E-state index contributed by atoms with van der Waals surface area (Å²) in [5.41, 5.74) is 2.66. The molecule has 2 aromatic carbocycles. The van der Waals surface area contributed by atoms with Crippen molar-refractivity contribution in [3.05, 3.63) is 59.7 Å². The Bertz CT molecular complexity index is 797. The van der Waals surface area contributed by atoms with E-state index >= 15 is 0 Å². The van der Waals surface area contributed by atoms with Gasteiger partial charge in [-0.25, -0.2) is 0 Å². The van der Waals surface area contributed by atoms with E-state index in [-0.39, 0.29) is 11.8 Å². The average molecular weight is 322 g/mol. The minimum atomic E-state index is -0.607. The molecule has 0 bridgehead atoms. The number of rotatable bonds is 3. The summed E-state index contributed by atoms with van der Waals surface area (Å²) < 4.78 is 0.